The van der Waals surface area contributed by atoms with Gasteiger partial charge < -0.3 is 5.73 Å². The summed E-state index contributed by atoms with van der Waals surface area (Å²) in [5, 5.41) is 4.31. The summed E-state index contributed by atoms with van der Waals surface area (Å²) in [6.45, 7) is 8.92. The largest absolute Gasteiger partial charge is 0.325 e. The molecule has 1 fully saturated rings. The SMILES string of the molecule is CC(C)C1CCC(N)(Cc2ncnn2C(C)C)CC1. The van der Waals surface area contributed by atoms with E-state index in [0.717, 1.165) is 36.9 Å². The van der Waals surface area contributed by atoms with Gasteiger partial charge in [-0.1, -0.05) is 13.8 Å². The van der Waals surface area contributed by atoms with Gasteiger partial charge in [0.25, 0.3) is 0 Å². The Morgan fingerprint density at radius 1 is 1.32 bits per heavy atom. The Balaban J connectivity index is 2.01. The zero-order valence-corrected chi connectivity index (χ0v) is 12.8. The average Bonchev–Trinajstić information content (AvgIpc) is 2.77. The summed E-state index contributed by atoms with van der Waals surface area (Å²) in [4.78, 5) is 4.40. The normalized spacial score (nSPS) is 28.3. The molecule has 0 spiro atoms. The van der Waals surface area contributed by atoms with Crippen molar-refractivity contribution in [2.75, 3.05) is 0 Å². The van der Waals surface area contributed by atoms with Gasteiger partial charge in [0.05, 0.1) is 0 Å². The molecule has 1 aromatic rings. The van der Waals surface area contributed by atoms with Crippen LogP contribution in [-0.4, -0.2) is 20.3 Å². The molecule has 0 saturated heterocycles. The number of hydrogen-bond donors (Lipinski definition) is 1. The molecule has 0 bridgehead atoms. The quantitative estimate of drug-likeness (QED) is 0.909. The molecule has 0 amide bonds. The number of hydrogen-bond acceptors (Lipinski definition) is 3. The van der Waals surface area contributed by atoms with Crippen LogP contribution in [0, 0.1) is 11.8 Å². The van der Waals surface area contributed by atoms with Crippen LogP contribution in [0.2, 0.25) is 0 Å². The highest BCUT2D eigenvalue weighted by molar-refractivity contribution is 5.00. The maximum Gasteiger partial charge on any atom is 0.138 e. The molecule has 1 aromatic heterocycles. The summed E-state index contributed by atoms with van der Waals surface area (Å²) in [5.74, 6) is 2.67. The van der Waals surface area contributed by atoms with Crippen LogP contribution in [0.5, 0.6) is 0 Å². The number of nitrogens with two attached hydrogens (primary N) is 1. The second-order valence-electron chi connectivity index (χ2n) is 6.84. The lowest BCUT2D eigenvalue weighted by Crippen LogP contribution is -2.46. The van der Waals surface area contributed by atoms with Gasteiger partial charge in [0.2, 0.25) is 0 Å². The van der Waals surface area contributed by atoms with Crippen LogP contribution in [0.15, 0.2) is 6.33 Å². The van der Waals surface area contributed by atoms with Crippen molar-refractivity contribution in [1.82, 2.24) is 14.8 Å². The van der Waals surface area contributed by atoms with E-state index >= 15 is 0 Å². The highest BCUT2D eigenvalue weighted by Gasteiger charge is 2.34. The van der Waals surface area contributed by atoms with E-state index < -0.39 is 0 Å². The van der Waals surface area contributed by atoms with Crippen molar-refractivity contribution < 1.29 is 0 Å². The minimum atomic E-state index is -0.0783. The molecule has 4 nitrogen and oxygen atoms in total. The van der Waals surface area contributed by atoms with E-state index in [0.29, 0.717) is 6.04 Å². The first-order valence-electron chi connectivity index (χ1n) is 7.58. The van der Waals surface area contributed by atoms with Crippen LogP contribution in [-0.2, 0) is 6.42 Å². The molecule has 0 aromatic carbocycles. The summed E-state index contributed by atoms with van der Waals surface area (Å²) in [6, 6.07) is 0.355. The first kappa shape index (κ1) is 14.5. The molecule has 0 atom stereocenters. The summed E-state index contributed by atoms with van der Waals surface area (Å²) < 4.78 is 2.00. The molecule has 0 aliphatic heterocycles. The predicted molar refractivity (Wildman–Crippen MR) is 77.8 cm³/mol. The Hall–Kier alpha value is -0.900. The molecule has 19 heavy (non-hydrogen) atoms. The molecule has 2 rings (SSSR count). The zero-order valence-electron chi connectivity index (χ0n) is 12.8. The summed E-state index contributed by atoms with van der Waals surface area (Å²) in [5.41, 5.74) is 6.52. The molecule has 1 aliphatic rings. The van der Waals surface area contributed by atoms with Crippen LogP contribution >= 0.6 is 0 Å². The Bertz CT molecular complexity index is 400. The maximum absolute atomic E-state index is 6.60. The lowest BCUT2D eigenvalue weighted by molar-refractivity contribution is 0.191. The van der Waals surface area contributed by atoms with Crippen molar-refractivity contribution in [1.29, 1.82) is 0 Å². The predicted octanol–water partition coefficient (Wildman–Crippen LogP) is 2.95. The van der Waals surface area contributed by atoms with Crippen LogP contribution in [0.3, 0.4) is 0 Å². The van der Waals surface area contributed by atoms with Crippen molar-refractivity contribution in [2.24, 2.45) is 17.6 Å². The van der Waals surface area contributed by atoms with Gasteiger partial charge in [0, 0.05) is 18.0 Å². The van der Waals surface area contributed by atoms with Gasteiger partial charge in [-0.15, -0.1) is 0 Å². The fourth-order valence-electron chi connectivity index (χ4n) is 3.21. The Morgan fingerprint density at radius 2 is 1.95 bits per heavy atom. The van der Waals surface area contributed by atoms with E-state index in [4.69, 9.17) is 5.73 Å². The van der Waals surface area contributed by atoms with E-state index in [1.807, 2.05) is 4.68 Å². The molecule has 0 radical (unpaired) electrons. The van der Waals surface area contributed by atoms with Gasteiger partial charge in [0.15, 0.2) is 0 Å². The number of rotatable bonds is 4. The van der Waals surface area contributed by atoms with Gasteiger partial charge in [-0.2, -0.15) is 5.10 Å². The average molecular weight is 264 g/mol. The van der Waals surface area contributed by atoms with E-state index in [1.54, 1.807) is 6.33 Å². The fraction of sp³-hybridized carbons (Fsp3) is 0.867. The molecule has 1 aliphatic carbocycles. The van der Waals surface area contributed by atoms with Gasteiger partial charge in [0.1, 0.15) is 12.2 Å². The van der Waals surface area contributed by atoms with Crippen molar-refractivity contribution in [3.05, 3.63) is 12.2 Å². The molecular weight excluding hydrogens is 236 g/mol. The third kappa shape index (κ3) is 3.35. The lowest BCUT2D eigenvalue weighted by Gasteiger charge is -2.38. The monoisotopic (exact) mass is 264 g/mol. The highest BCUT2D eigenvalue weighted by Crippen LogP contribution is 2.36. The second-order valence-corrected chi connectivity index (χ2v) is 6.84. The third-order valence-corrected chi connectivity index (χ3v) is 4.62. The zero-order chi connectivity index (χ0) is 14.0. The maximum atomic E-state index is 6.60. The summed E-state index contributed by atoms with van der Waals surface area (Å²) in [6.07, 6.45) is 7.24. The standard InChI is InChI=1S/C15H28N4/c1-11(2)13-5-7-15(16,8-6-13)9-14-17-10-18-19(14)12(3)4/h10-13H,5-9,16H2,1-4H3. The van der Waals surface area contributed by atoms with Gasteiger partial charge in [-0.25, -0.2) is 9.67 Å². The van der Waals surface area contributed by atoms with Crippen LogP contribution in [0.25, 0.3) is 0 Å². The summed E-state index contributed by atoms with van der Waals surface area (Å²) >= 11 is 0. The first-order chi connectivity index (χ1) is 8.91. The molecule has 4 heteroatoms. The Morgan fingerprint density at radius 3 is 2.47 bits per heavy atom. The van der Waals surface area contributed by atoms with E-state index in [1.165, 1.54) is 12.8 Å². The van der Waals surface area contributed by atoms with Crippen molar-refractivity contribution in [3.8, 4) is 0 Å². The molecule has 108 valence electrons. The second kappa shape index (κ2) is 5.61. The minimum absolute atomic E-state index is 0.0783. The summed E-state index contributed by atoms with van der Waals surface area (Å²) in [7, 11) is 0. The van der Waals surface area contributed by atoms with E-state index in [-0.39, 0.29) is 5.54 Å². The van der Waals surface area contributed by atoms with Gasteiger partial charge in [-0.05, 0) is 51.4 Å². The highest BCUT2D eigenvalue weighted by atomic mass is 15.3. The van der Waals surface area contributed by atoms with Crippen molar-refractivity contribution >= 4 is 0 Å². The molecule has 0 unspecified atom stereocenters. The molecule has 1 heterocycles. The van der Waals surface area contributed by atoms with Crippen LogP contribution in [0.4, 0.5) is 0 Å². The minimum Gasteiger partial charge on any atom is -0.325 e. The molecular formula is C15H28N4. The van der Waals surface area contributed by atoms with E-state index in [9.17, 15) is 0 Å². The fourth-order valence-corrected chi connectivity index (χ4v) is 3.21. The molecule has 1 saturated carbocycles. The van der Waals surface area contributed by atoms with Crippen molar-refractivity contribution in [2.45, 2.75) is 71.4 Å². The Kier molecular flexibility index (Phi) is 4.29. The van der Waals surface area contributed by atoms with Crippen molar-refractivity contribution in [3.63, 3.8) is 0 Å². The third-order valence-electron chi connectivity index (χ3n) is 4.62. The molecule has 2 N–H and O–H groups in total. The lowest BCUT2D eigenvalue weighted by atomic mass is 9.72. The first-order valence-corrected chi connectivity index (χ1v) is 7.58. The van der Waals surface area contributed by atoms with Crippen LogP contribution in [0.1, 0.15) is 65.2 Å². The van der Waals surface area contributed by atoms with Crippen LogP contribution < -0.4 is 5.73 Å². The van der Waals surface area contributed by atoms with E-state index in [2.05, 4.69) is 37.8 Å². The Labute approximate surface area is 116 Å². The van der Waals surface area contributed by atoms with Gasteiger partial charge in [-0.3, -0.25) is 0 Å². The number of aromatic nitrogens is 3. The smallest absolute Gasteiger partial charge is 0.138 e. The van der Waals surface area contributed by atoms with Gasteiger partial charge >= 0.3 is 0 Å². The topological polar surface area (TPSA) is 56.7 Å². The number of nitrogens with zero attached hydrogens (tertiary/aromatic N) is 3.